The molecule has 5 N–H and O–H groups in total. The van der Waals surface area contributed by atoms with Gasteiger partial charge in [0, 0.05) is 0 Å². The second kappa shape index (κ2) is 6.44. The number of nitrogens with one attached hydrogen (secondary N) is 2. The summed E-state index contributed by atoms with van der Waals surface area (Å²) in [5, 5.41) is 12.1. The maximum absolute atomic E-state index is 12.4. The molecule has 1 saturated carbocycles. The monoisotopic (exact) mass is 315 g/mol. The molecule has 1 aliphatic rings. The van der Waals surface area contributed by atoms with Crippen molar-refractivity contribution in [3.8, 4) is 0 Å². The van der Waals surface area contributed by atoms with Crippen molar-refractivity contribution in [2.75, 3.05) is 0 Å². The zero-order valence-electron chi connectivity index (χ0n) is 11.7. The van der Waals surface area contributed by atoms with Gasteiger partial charge in [-0.2, -0.15) is 4.72 Å². The summed E-state index contributed by atoms with van der Waals surface area (Å²) in [4.78, 5) is 6.28. The molecule has 1 aliphatic carbocycles. The van der Waals surface area contributed by atoms with E-state index >= 15 is 0 Å². The summed E-state index contributed by atoms with van der Waals surface area (Å²) < 4.78 is 27.4. The van der Waals surface area contributed by atoms with Crippen LogP contribution in [0.1, 0.15) is 44.9 Å². The zero-order valence-corrected chi connectivity index (χ0v) is 12.6. The van der Waals surface area contributed by atoms with E-state index in [0.717, 1.165) is 32.1 Å². The lowest BCUT2D eigenvalue weighted by Crippen LogP contribution is -2.57. The highest BCUT2D eigenvalue weighted by Gasteiger charge is 2.39. The number of nitrogens with zero attached hydrogens (tertiary/aromatic N) is 2. The first-order valence-electron chi connectivity index (χ1n) is 7.00. The van der Waals surface area contributed by atoms with Gasteiger partial charge in [-0.1, -0.05) is 37.3 Å². The van der Waals surface area contributed by atoms with Gasteiger partial charge in [0.25, 0.3) is 10.0 Å². The average Bonchev–Trinajstić information content (AvgIpc) is 2.96. The van der Waals surface area contributed by atoms with Gasteiger partial charge in [0.15, 0.2) is 10.9 Å². The fourth-order valence-electron chi connectivity index (χ4n) is 2.72. The summed E-state index contributed by atoms with van der Waals surface area (Å²) in [6, 6.07) is 0. The Morgan fingerprint density at radius 2 is 1.95 bits per heavy atom. The van der Waals surface area contributed by atoms with Crippen molar-refractivity contribution in [1.29, 1.82) is 0 Å². The molecule has 1 aromatic rings. The summed E-state index contributed by atoms with van der Waals surface area (Å²) in [5.41, 5.74) is 4.77. The van der Waals surface area contributed by atoms with Gasteiger partial charge in [0.05, 0.1) is 18.1 Å². The fraction of sp³-hybridized carbons (Fsp3) is 0.667. The van der Waals surface area contributed by atoms with Gasteiger partial charge in [0.2, 0.25) is 0 Å². The van der Waals surface area contributed by atoms with Crippen LogP contribution in [-0.4, -0.2) is 35.0 Å². The van der Waals surface area contributed by atoms with Crippen molar-refractivity contribution >= 4 is 15.9 Å². The molecule has 1 fully saturated rings. The Morgan fingerprint density at radius 3 is 2.48 bits per heavy atom. The number of aromatic nitrogens is 2. The van der Waals surface area contributed by atoms with Crippen LogP contribution in [0, 0.1) is 0 Å². The second-order valence-electron chi connectivity index (χ2n) is 5.36. The summed E-state index contributed by atoms with van der Waals surface area (Å²) >= 11 is 0. The highest BCUT2D eigenvalue weighted by Crippen LogP contribution is 2.28. The molecule has 9 heteroatoms. The molecule has 8 nitrogen and oxygen atoms in total. The molecule has 0 aliphatic heterocycles. The van der Waals surface area contributed by atoms with E-state index in [4.69, 9.17) is 10.9 Å². The lowest BCUT2D eigenvalue weighted by Gasteiger charge is -2.34. The highest BCUT2D eigenvalue weighted by molar-refractivity contribution is 7.89. The van der Waals surface area contributed by atoms with Crippen LogP contribution in [0.15, 0.2) is 22.7 Å². The Hall–Kier alpha value is -1.61. The van der Waals surface area contributed by atoms with Crippen LogP contribution < -0.4 is 10.5 Å². The number of hydrogen-bond donors (Lipinski definition) is 4. The molecule has 0 spiro atoms. The molecule has 21 heavy (non-hydrogen) atoms. The van der Waals surface area contributed by atoms with E-state index in [1.807, 2.05) is 0 Å². The molecular weight excluding hydrogens is 294 g/mol. The summed E-state index contributed by atoms with van der Waals surface area (Å²) in [6.45, 7) is 0. The third kappa shape index (κ3) is 3.53. The van der Waals surface area contributed by atoms with Gasteiger partial charge >= 0.3 is 0 Å². The number of H-pyrrole nitrogens is 1. The lowest BCUT2D eigenvalue weighted by molar-refractivity contribution is 0.299. The van der Waals surface area contributed by atoms with Crippen molar-refractivity contribution in [3.05, 3.63) is 12.5 Å². The molecule has 0 saturated heterocycles. The van der Waals surface area contributed by atoms with Crippen molar-refractivity contribution in [3.63, 3.8) is 0 Å². The maximum Gasteiger partial charge on any atom is 0.258 e. The molecule has 0 unspecified atom stereocenters. The third-order valence-electron chi connectivity index (χ3n) is 3.90. The first-order chi connectivity index (χ1) is 10.0. The minimum atomic E-state index is -3.80. The Labute approximate surface area is 123 Å². The number of imidazole rings is 1. The predicted molar refractivity (Wildman–Crippen MR) is 77.4 cm³/mol. The van der Waals surface area contributed by atoms with Gasteiger partial charge in [0.1, 0.15) is 0 Å². The van der Waals surface area contributed by atoms with Crippen molar-refractivity contribution in [2.24, 2.45) is 10.9 Å². The predicted octanol–water partition coefficient (Wildman–Crippen LogP) is 0.917. The molecule has 1 aromatic heterocycles. The number of rotatable bonds is 4. The Kier molecular flexibility index (Phi) is 4.84. The largest absolute Gasteiger partial charge is 0.409 e. The van der Waals surface area contributed by atoms with Crippen LogP contribution >= 0.6 is 0 Å². The molecule has 1 heterocycles. The van der Waals surface area contributed by atoms with Crippen LogP contribution in [0.3, 0.4) is 0 Å². The maximum atomic E-state index is 12.4. The molecular formula is C12H21N5O3S. The first kappa shape index (κ1) is 15.8. The van der Waals surface area contributed by atoms with E-state index < -0.39 is 15.6 Å². The van der Waals surface area contributed by atoms with Crippen molar-refractivity contribution < 1.29 is 13.6 Å². The van der Waals surface area contributed by atoms with E-state index in [-0.39, 0.29) is 10.9 Å². The number of hydrogen-bond acceptors (Lipinski definition) is 5. The van der Waals surface area contributed by atoms with E-state index in [0.29, 0.717) is 12.8 Å². The van der Waals surface area contributed by atoms with Gasteiger partial charge in [-0.25, -0.2) is 13.4 Å². The topological polar surface area (TPSA) is 133 Å². The van der Waals surface area contributed by atoms with E-state index in [1.165, 1.54) is 12.5 Å². The molecule has 0 amide bonds. The van der Waals surface area contributed by atoms with Crippen LogP contribution in [0.2, 0.25) is 0 Å². The fourth-order valence-corrected chi connectivity index (χ4v) is 4.06. The minimum absolute atomic E-state index is 0.0327. The molecule has 0 bridgehead atoms. The normalized spacial score (nSPS) is 20.7. The van der Waals surface area contributed by atoms with Gasteiger partial charge in [-0.3, -0.25) is 0 Å². The van der Waals surface area contributed by atoms with E-state index in [2.05, 4.69) is 19.8 Å². The number of sulfonamides is 1. The lowest BCUT2D eigenvalue weighted by atomic mass is 9.84. The first-order valence-corrected chi connectivity index (χ1v) is 8.49. The number of nitrogens with two attached hydrogens (primary N) is 1. The molecule has 0 radical (unpaired) electrons. The Balaban J connectivity index is 2.32. The standard InChI is InChI=1S/C12H21N5O3S/c13-11(16-18)12(6-4-2-1-3-5-7-12)17-21(19,20)10-8-14-9-15-10/h8-9,17-18H,1-7H2,(H2,13,16)(H,14,15). The molecule has 0 atom stereocenters. The third-order valence-corrected chi connectivity index (χ3v) is 5.36. The van der Waals surface area contributed by atoms with Gasteiger partial charge < -0.3 is 15.9 Å². The Bertz CT molecular complexity index is 574. The number of oxime groups is 1. The summed E-state index contributed by atoms with van der Waals surface area (Å²) in [7, 11) is -3.80. The average molecular weight is 315 g/mol. The van der Waals surface area contributed by atoms with Crippen molar-refractivity contribution in [2.45, 2.75) is 55.5 Å². The minimum Gasteiger partial charge on any atom is -0.409 e. The smallest absolute Gasteiger partial charge is 0.258 e. The van der Waals surface area contributed by atoms with Crippen LogP contribution in [-0.2, 0) is 10.0 Å². The SMILES string of the molecule is NC(=NO)C1(NS(=O)(=O)c2cnc[nH]2)CCCCCCC1. The van der Waals surface area contributed by atoms with Gasteiger partial charge in [-0.05, 0) is 12.8 Å². The van der Waals surface area contributed by atoms with Gasteiger partial charge in [-0.15, -0.1) is 0 Å². The Morgan fingerprint density at radius 1 is 1.33 bits per heavy atom. The quantitative estimate of drug-likeness (QED) is 0.284. The second-order valence-corrected chi connectivity index (χ2v) is 7.01. The van der Waals surface area contributed by atoms with Crippen LogP contribution in [0.4, 0.5) is 0 Å². The summed E-state index contributed by atoms with van der Waals surface area (Å²) in [6.07, 6.45) is 8.32. The van der Waals surface area contributed by atoms with E-state index in [1.54, 1.807) is 0 Å². The number of aromatic amines is 1. The molecule has 118 valence electrons. The van der Waals surface area contributed by atoms with Crippen LogP contribution in [0.25, 0.3) is 0 Å². The zero-order chi connectivity index (χ0) is 15.3. The molecule has 2 rings (SSSR count). The van der Waals surface area contributed by atoms with Crippen molar-refractivity contribution in [1.82, 2.24) is 14.7 Å². The van der Waals surface area contributed by atoms with Crippen LogP contribution in [0.5, 0.6) is 0 Å². The molecule has 0 aromatic carbocycles. The number of amidine groups is 1. The summed E-state index contributed by atoms with van der Waals surface area (Å²) in [5.74, 6) is -0.0903. The highest BCUT2D eigenvalue weighted by atomic mass is 32.2. The van der Waals surface area contributed by atoms with E-state index in [9.17, 15) is 8.42 Å².